The number of halogens is 4. The van der Waals surface area contributed by atoms with Crippen molar-refractivity contribution in [2.75, 3.05) is 18.4 Å². The predicted octanol–water partition coefficient (Wildman–Crippen LogP) is 7.60. The molecule has 0 spiro atoms. The molecule has 1 unspecified atom stereocenters. The lowest BCUT2D eigenvalue weighted by Crippen LogP contribution is -2.21. The zero-order valence-electron chi connectivity index (χ0n) is 24.8. The maximum absolute atomic E-state index is 14.8. The SMILES string of the molecule is Cc1c(Nc2nccc3cc(CN4CCC(O)C4)cnc23)cccc1-c1nccc(-c2nc3cc(C=O)cc(Cl)c3o2)c1C(F)(F)F. The number of oxazole rings is 1. The highest BCUT2D eigenvalue weighted by Crippen LogP contribution is 2.44. The third kappa shape index (κ3) is 5.91. The number of pyridine rings is 3. The first-order valence-electron chi connectivity index (χ1n) is 14.7. The molecule has 0 amide bonds. The van der Waals surface area contributed by atoms with Crippen LogP contribution in [0.5, 0.6) is 0 Å². The summed E-state index contributed by atoms with van der Waals surface area (Å²) in [5.41, 5.74) is 1.65. The van der Waals surface area contributed by atoms with Crippen LogP contribution in [0.15, 0.2) is 71.5 Å². The number of hydrogen-bond donors (Lipinski definition) is 2. The van der Waals surface area contributed by atoms with Crippen LogP contribution in [0.3, 0.4) is 0 Å². The summed E-state index contributed by atoms with van der Waals surface area (Å²) in [4.78, 5) is 31.0. The molecule has 238 valence electrons. The topological polar surface area (TPSA) is 117 Å². The van der Waals surface area contributed by atoms with E-state index in [4.69, 9.17) is 16.0 Å². The summed E-state index contributed by atoms with van der Waals surface area (Å²) in [6.07, 6.45) is 0.850. The molecule has 0 radical (unpaired) electrons. The normalized spacial score (nSPS) is 15.5. The van der Waals surface area contributed by atoms with E-state index in [0.717, 1.165) is 23.9 Å². The Hall–Kier alpha value is -4.91. The molecule has 13 heteroatoms. The second-order valence-corrected chi connectivity index (χ2v) is 11.8. The Morgan fingerprint density at radius 3 is 2.70 bits per heavy atom. The van der Waals surface area contributed by atoms with Crippen LogP contribution in [0, 0.1) is 6.92 Å². The van der Waals surface area contributed by atoms with Gasteiger partial charge in [0, 0.05) is 60.4 Å². The molecule has 5 heterocycles. The van der Waals surface area contributed by atoms with Gasteiger partial charge in [0.25, 0.3) is 0 Å². The number of β-amino-alcohol motifs (C(OH)–C–C–N with tert-alkyl or cyclic N) is 1. The molecule has 1 saturated heterocycles. The largest absolute Gasteiger partial charge is 0.434 e. The lowest BCUT2D eigenvalue weighted by atomic mass is 9.96. The number of nitrogens with zero attached hydrogens (tertiary/aromatic N) is 5. The minimum atomic E-state index is -4.83. The molecule has 4 aromatic heterocycles. The predicted molar refractivity (Wildman–Crippen MR) is 172 cm³/mol. The number of benzene rings is 2. The average Bonchev–Trinajstić information content (AvgIpc) is 3.67. The van der Waals surface area contributed by atoms with E-state index < -0.39 is 11.7 Å². The summed E-state index contributed by atoms with van der Waals surface area (Å²) in [6, 6.07) is 12.8. The van der Waals surface area contributed by atoms with Crippen molar-refractivity contribution in [2.45, 2.75) is 32.2 Å². The molecule has 47 heavy (non-hydrogen) atoms. The number of nitrogens with one attached hydrogen (secondary N) is 1. The number of anilines is 2. The van der Waals surface area contributed by atoms with Gasteiger partial charge in [0.2, 0.25) is 5.89 Å². The van der Waals surface area contributed by atoms with E-state index in [-0.39, 0.29) is 50.5 Å². The van der Waals surface area contributed by atoms with E-state index in [9.17, 15) is 23.1 Å². The van der Waals surface area contributed by atoms with Crippen molar-refractivity contribution < 1.29 is 27.5 Å². The summed E-state index contributed by atoms with van der Waals surface area (Å²) in [7, 11) is 0. The molecular weight excluding hydrogens is 633 g/mol. The van der Waals surface area contributed by atoms with Crippen molar-refractivity contribution in [1.82, 2.24) is 24.8 Å². The first-order chi connectivity index (χ1) is 22.6. The molecule has 2 N–H and O–H groups in total. The van der Waals surface area contributed by atoms with Gasteiger partial charge < -0.3 is 14.8 Å². The van der Waals surface area contributed by atoms with Crippen molar-refractivity contribution in [3.63, 3.8) is 0 Å². The summed E-state index contributed by atoms with van der Waals surface area (Å²) in [5.74, 6) is 0.140. The zero-order chi connectivity index (χ0) is 32.9. The van der Waals surface area contributed by atoms with Crippen molar-refractivity contribution in [3.05, 3.63) is 94.4 Å². The van der Waals surface area contributed by atoms with Crippen LogP contribution in [-0.4, -0.2) is 55.4 Å². The van der Waals surface area contributed by atoms with Crippen LogP contribution in [-0.2, 0) is 12.7 Å². The maximum Gasteiger partial charge on any atom is 0.419 e. The van der Waals surface area contributed by atoms with E-state index in [1.807, 2.05) is 12.1 Å². The van der Waals surface area contributed by atoms with Crippen LogP contribution in [0.25, 0.3) is 44.7 Å². The first kappa shape index (κ1) is 30.7. The number of aromatic nitrogens is 4. The minimum absolute atomic E-state index is 0.0556. The summed E-state index contributed by atoms with van der Waals surface area (Å²) < 4.78 is 50.2. The van der Waals surface area contributed by atoms with E-state index in [1.54, 1.807) is 37.5 Å². The molecule has 1 atom stereocenters. The fraction of sp³-hybridized carbons (Fsp3) is 0.206. The van der Waals surface area contributed by atoms with Crippen LogP contribution in [0.2, 0.25) is 5.02 Å². The number of carbonyl (C=O) groups is 1. The third-order valence-electron chi connectivity index (χ3n) is 8.22. The second kappa shape index (κ2) is 12.0. The highest BCUT2D eigenvalue weighted by atomic mass is 35.5. The Morgan fingerprint density at radius 1 is 1.11 bits per heavy atom. The molecular formula is C34H26ClF3N6O3. The molecule has 1 fully saturated rings. The fourth-order valence-electron chi connectivity index (χ4n) is 5.98. The molecule has 7 rings (SSSR count). The minimum Gasteiger partial charge on any atom is -0.434 e. The number of alkyl halides is 3. The Bertz CT molecular complexity index is 2170. The van der Waals surface area contributed by atoms with Crippen LogP contribution < -0.4 is 5.32 Å². The van der Waals surface area contributed by atoms with Gasteiger partial charge in [0.05, 0.1) is 27.9 Å². The van der Waals surface area contributed by atoms with Crippen molar-refractivity contribution >= 4 is 51.4 Å². The van der Waals surface area contributed by atoms with Crippen molar-refractivity contribution in [2.24, 2.45) is 0 Å². The third-order valence-corrected chi connectivity index (χ3v) is 8.50. The molecule has 0 aliphatic carbocycles. The van der Waals surface area contributed by atoms with Gasteiger partial charge in [-0.05, 0) is 60.9 Å². The maximum atomic E-state index is 14.8. The number of likely N-dealkylation sites (tertiary alicyclic amines) is 1. The van der Waals surface area contributed by atoms with Gasteiger partial charge in [0.1, 0.15) is 17.3 Å². The second-order valence-electron chi connectivity index (χ2n) is 11.4. The van der Waals surface area contributed by atoms with E-state index in [0.29, 0.717) is 42.0 Å². The van der Waals surface area contributed by atoms with E-state index >= 15 is 0 Å². The number of aldehydes is 1. The lowest BCUT2D eigenvalue weighted by Gasteiger charge is -2.18. The highest BCUT2D eigenvalue weighted by molar-refractivity contribution is 6.35. The van der Waals surface area contributed by atoms with Gasteiger partial charge in [0.15, 0.2) is 11.4 Å². The van der Waals surface area contributed by atoms with Crippen LogP contribution in [0.4, 0.5) is 24.7 Å². The summed E-state index contributed by atoms with van der Waals surface area (Å²) >= 11 is 6.23. The molecule has 2 aromatic carbocycles. The fourth-order valence-corrected chi connectivity index (χ4v) is 6.24. The standard InChI is InChI=1S/C34H26ClF3N6O3/c1-18-23(30-28(34(36,37)38)24(6-9-39-30)33-43-27-13-19(17-45)12-25(35)31(27)47-33)3-2-4-26(18)42-32-29-21(5-8-40-32)11-20(14-41-29)15-44-10-7-22(46)16-44/h2-6,8-9,11-14,17,22,46H,7,10,15-16H2,1H3,(H,40,42). The zero-order valence-corrected chi connectivity index (χ0v) is 25.6. The summed E-state index contributed by atoms with van der Waals surface area (Å²) in [5, 5.41) is 14.0. The first-order valence-corrected chi connectivity index (χ1v) is 15.1. The average molecular weight is 659 g/mol. The Morgan fingerprint density at radius 2 is 1.94 bits per heavy atom. The van der Waals surface area contributed by atoms with Gasteiger partial charge in [-0.2, -0.15) is 13.2 Å². The van der Waals surface area contributed by atoms with Gasteiger partial charge in [-0.3, -0.25) is 19.7 Å². The van der Waals surface area contributed by atoms with E-state index in [1.165, 1.54) is 24.4 Å². The smallest absolute Gasteiger partial charge is 0.419 e. The van der Waals surface area contributed by atoms with Gasteiger partial charge in [-0.25, -0.2) is 9.97 Å². The number of carbonyl (C=O) groups excluding carboxylic acids is 1. The Kier molecular flexibility index (Phi) is 7.87. The number of rotatable bonds is 7. The number of aliphatic hydroxyl groups excluding tert-OH is 1. The van der Waals surface area contributed by atoms with Crippen LogP contribution >= 0.6 is 11.6 Å². The lowest BCUT2D eigenvalue weighted by molar-refractivity contribution is -0.136. The van der Waals surface area contributed by atoms with Gasteiger partial charge >= 0.3 is 6.18 Å². The molecule has 0 saturated carbocycles. The number of fused-ring (bicyclic) bond motifs is 2. The van der Waals surface area contributed by atoms with Gasteiger partial charge in [-0.1, -0.05) is 23.7 Å². The molecule has 6 aromatic rings. The van der Waals surface area contributed by atoms with Crippen molar-refractivity contribution in [1.29, 1.82) is 0 Å². The molecule has 1 aliphatic heterocycles. The Labute approximate surface area is 271 Å². The summed E-state index contributed by atoms with van der Waals surface area (Å²) in [6.45, 7) is 3.80. The number of hydrogen-bond acceptors (Lipinski definition) is 9. The quantitative estimate of drug-likeness (QED) is 0.167. The highest BCUT2D eigenvalue weighted by Gasteiger charge is 2.39. The van der Waals surface area contributed by atoms with E-state index in [2.05, 4.69) is 30.2 Å². The number of aliphatic hydroxyl groups is 1. The molecule has 0 bridgehead atoms. The van der Waals surface area contributed by atoms with Gasteiger partial charge in [-0.15, -0.1) is 0 Å². The van der Waals surface area contributed by atoms with Crippen LogP contribution in [0.1, 0.15) is 33.5 Å². The molecule has 9 nitrogen and oxygen atoms in total. The Balaban J connectivity index is 1.26. The molecule has 1 aliphatic rings. The van der Waals surface area contributed by atoms with Crippen molar-refractivity contribution in [3.8, 4) is 22.7 Å². The monoisotopic (exact) mass is 658 g/mol.